The fourth-order valence-electron chi connectivity index (χ4n) is 1.33. The molecule has 0 fully saturated rings. The molecule has 1 rings (SSSR count). The van der Waals surface area contributed by atoms with Crippen LogP contribution in [0.2, 0.25) is 0 Å². The first-order valence-corrected chi connectivity index (χ1v) is 6.72. The summed E-state index contributed by atoms with van der Waals surface area (Å²) in [7, 11) is -3.40. The average molecular weight is 243 g/mol. The summed E-state index contributed by atoms with van der Waals surface area (Å²) in [5, 5.41) is 0. The van der Waals surface area contributed by atoms with E-state index in [1.807, 2.05) is 13.8 Å². The number of nitrogens with one attached hydrogen (secondary N) is 1. The van der Waals surface area contributed by atoms with Crippen molar-refractivity contribution < 1.29 is 13.2 Å². The van der Waals surface area contributed by atoms with E-state index in [1.165, 1.54) is 0 Å². The molecule has 4 nitrogen and oxygen atoms in total. The van der Waals surface area contributed by atoms with E-state index < -0.39 is 10.0 Å². The van der Waals surface area contributed by atoms with Crippen LogP contribution in [0.4, 0.5) is 0 Å². The number of aryl methyl sites for hydroxylation is 1. The van der Waals surface area contributed by atoms with Crippen LogP contribution in [0, 0.1) is 6.92 Å². The number of benzene rings is 1. The highest BCUT2D eigenvalue weighted by Crippen LogP contribution is 2.22. The Hall–Kier alpha value is -1.07. The van der Waals surface area contributed by atoms with Crippen LogP contribution in [0.15, 0.2) is 23.1 Å². The van der Waals surface area contributed by atoms with E-state index in [1.54, 1.807) is 25.1 Å². The zero-order chi connectivity index (χ0) is 12.2. The van der Waals surface area contributed by atoms with Crippen molar-refractivity contribution in [3.63, 3.8) is 0 Å². The van der Waals surface area contributed by atoms with Crippen molar-refractivity contribution >= 4 is 10.0 Å². The van der Waals surface area contributed by atoms with Crippen molar-refractivity contribution in [1.82, 2.24) is 4.72 Å². The minimum Gasteiger partial charge on any atom is -0.494 e. The van der Waals surface area contributed by atoms with Crippen molar-refractivity contribution in [3.05, 3.63) is 23.8 Å². The van der Waals surface area contributed by atoms with Gasteiger partial charge >= 0.3 is 0 Å². The molecular weight excluding hydrogens is 226 g/mol. The fraction of sp³-hybridized carbons (Fsp3) is 0.455. The second-order valence-electron chi connectivity index (χ2n) is 3.36. The minimum absolute atomic E-state index is 0.239. The molecule has 0 amide bonds. The smallest absolute Gasteiger partial charge is 0.240 e. The Bertz CT molecular complexity index is 454. The summed E-state index contributed by atoms with van der Waals surface area (Å²) in [6, 6.07) is 4.88. The molecule has 1 aromatic carbocycles. The summed E-state index contributed by atoms with van der Waals surface area (Å²) in [6.45, 7) is 6.39. The van der Waals surface area contributed by atoms with Gasteiger partial charge in [-0.15, -0.1) is 0 Å². The lowest BCUT2D eigenvalue weighted by atomic mass is 10.2. The lowest BCUT2D eigenvalue weighted by Crippen LogP contribution is -2.23. The van der Waals surface area contributed by atoms with Crippen molar-refractivity contribution in [2.24, 2.45) is 0 Å². The summed E-state index contributed by atoms with van der Waals surface area (Å²) in [6.07, 6.45) is 0. The van der Waals surface area contributed by atoms with Gasteiger partial charge in [0.15, 0.2) is 0 Å². The molecule has 0 aliphatic rings. The number of hydrogen-bond donors (Lipinski definition) is 1. The highest BCUT2D eigenvalue weighted by Gasteiger charge is 2.14. The van der Waals surface area contributed by atoms with Gasteiger partial charge in [0.2, 0.25) is 10.0 Å². The predicted molar refractivity (Wildman–Crippen MR) is 63.2 cm³/mol. The standard InChI is InChI=1S/C11H17NO3S/c1-4-12-16(13,14)10-7-6-9(3)11(8-10)15-5-2/h6-8,12H,4-5H2,1-3H3. The maximum atomic E-state index is 11.7. The summed E-state index contributed by atoms with van der Waals surface area (Å²) in [5.41, 5.74) is 0.928. The first kappa shape index (κ1) is 13.0. The molecule has 0 spiro atoms. The summed E-state index contributed by atoms with van der Waals surface area (Å²) >= 11 is 0. The Morgan fingerprint density at radius 1 is 1.31 bits per heavy atom. The van der Waals surface area contributed by atoms with E-state index in [9.17, 15) is 8.42 Å². The van der Waals surface area contributed by atoms with Crippen molar-refractivity contribution in [2.75, 3.05) is 13.2 Å². The van der Waals surface area contributed by atoms with Gasteiger partial charge in [-0.3, -0.25) is 0 Å². The molecule has 0 aromatic heterocycles. The van der Waals surface area contributed by atoms with Gasteiger partial charge in [-0.2, -0.15) is 0 Å². The van der Waals surface area contributed by atoms with Crippen LogP contribution < -0.4 is 9.46 Å². The predicted octanol–water partition coefficient (Wildman–Crippen LogP) is 1.69. The second-order valence-corrected chi connectivity index (χ2v) is 5.13. The molecule has 16 heavy (non-hydrogen) atoms. The Morgan fingerprint density at radius 3 is 2.56 bits per heavy atom. The Kier molecular flexibility index (Phi) is 4.32. The van der Waals surface area contributed by atoms with E-state index in [0.717, 1.165) is 5.56 Å². The highest BCUT2D eigenvalue weighted by atomic mass is 32.2. The molecule has 1 aromatic rings. The average Bonchev–Trinajstić information content (AvgIpc) is 2.21. The lowest BCUT2D eigenvalue weighted by molar-refractivity contribution is 0.337. The van der Waals surface area contributed by atoms with Gasteiger partial charge in [-0.25, -0.2) is 13.1 Å². The van der Waals surface area contributed by atoms with Gasteiger partial charge in [0.1, 0.15) is 5.75 Å². The first-order chi connectivity index (χ1) is 7.51. The summed E-state index contributed by atoms with van der Waals surface area (Å²) < 4.78 is 31.3. The third-order valence-electron chi connectivity index (χ3n) is 2.10. The SMILES string of the molecule is CCNS(=O)(=O)c1ccc(C)c(OCC)c1. The van der Waals surface area contributed by atoms with Gasteiger partial charge in [0, 0.05) is 12.6 Å². The van der Waals surface area contributed by atoms with Crippen LogP contribution in [0.5, 0.6) is 5.75 Å². The normalized spacial score (nSPS) is 11.4. The van der Waals surface area contributed by atoms with Crippen LogP contribution in [-0.4, -0.2) is 21.6 Å². The third-order valence-corrected chi connectivity index (χ3v) is 3.65. The van der Waals surface area contributed by atoms with E-state index in [0.29, 0.717) is 18.9 Å². The Balaban J connectivity index is 3.12. The zero-order valence-electron chi connectivity index (χ0n) is 9.78. The third kappa shape index (κ3) is 2.96. The monoisotopic (exact) mass is 243 g/mol. The molecule has 0 unspecified atom stereocenters. The van der Waals surface area contributed by atoms with Crippen LogP contribution in [0.1, 0.15) is 19.4 Å². The van der Waals surface area contributed by atoms with Crippen LogP contribution in [0.25, 0.3) is 0 Å². The van der Waals surface area contributed by atoms with Gasteiger partial charge in [0.25, 0.3) is 0 Å². The Morgan fingerprint density at radius 2 is 2.00 bits per heavy atom. The second kappa shape index (κ2) is 5.32. The minimum atomic E-state index is -3.40. The molecule has 0 saturated carbocycles. The molecule has 0 bridgehead atoms. The van der Waals surface area contributed by atoms with Crippen LogP contribution >= 0.6 is 0 Å². The Labute approximate surface area is 96.7 Å². The quantitative estimate of drug-likeness (QED) is 0.856. The van der Waals surface area contributed by atoms with Gasteiger partial charge in [-0.1, -0.05) is 13.0 Å². The van der Waals surface area contributed by atoms with Gasteiger partial charge in [-0.05, 0) is 25.5 Å². The van der Waals surface area contributed by atoms with E-state index >= 15 is 0 Å². The van der Waals surface area contributed by atoms with Crippen molar-refractivity contribution in [1.29, 1.82) is 0 Å². The molecule has 90 valence electrons. The molecule has 0 saturated heterocycles. The molecule has 0 heterocycles. The fourth-order valence-corrected chi connectivity index (χ4v) is 2.39. The van der Waals surface area contributed by atoms with E-state index in [-0.39, 0.29) is 4.90 Å². The first-order valence-electron chi connectivity index (χ1n) is 5.24. The lowest BCUT2D eigenvalue weighted by Gasteiger charge is -2.10. The van der Waals surface area contributed by atoms with Crippen LogP contribution in [0.3, 0.4) is 0 Å². The topological polar surface area (TPSA) is 55.4 Å². The number of rotatable bonds is 5. The molecule has 0 atom stereocenters. The van der Waals surface area contributed by atoms with E-state index in [2.05, 4.69) is 4.72 Å². The summed E-state index contributed by atoms with van der Waals surface area (Å²) in [5.74, 6) is 0.612. The molecule has 1 N–H and O–H groups in total. The van der Waals surface area contributed by atoms with E-state index in [4.69, 9.17) is 4.74 Å². The van der Waals surface area contributed by atoms with Crippen molar-refractivity contribution in [3.8, 4) is 5.75 Å². The maximum Gasteiger partial charge on any atom is 0.240 e. The molecule has 0 aliphatic heterocycles. The maximum absolute atomic E-state index is 11.7. The molecule has 0 radical (unpaired) electrons. The number of ether oxygens (including phenoxy) is 1. The molecular formula is C11H17NO3S. The van der Waals surface area contributed by atoms with Gasteiger partial charge < -0.3 is 4.74 Å². The molecule has 5 heteroatoms. The largest absolute Gasteiger partial charge is 0.494 e. The van der Waals surface area contributed by atoms with Crippen molar-refractivity contribution in [2.45, 2.75) is 25.7 Å². The number of sulfonamides is 1. The zero-order valence-corrected chi connectivity index (χ0v) is 10.6. The summed E-state index contributed by atoms with van der Waals surface area (Å²) in [4.78, 5) is 0.239. The van der Waals surface area contributed by atoms with Crippen LogP contribution in [-0.2, 0) is 10.0 Å². The number of hydrogen-bond acceptors (Lipinski definition) is 3. The van der Waals surface area contributed by atoms with Gasteiger partial charge in [0.05, 0.1) is 11.5 Å². The highest BCUT2D eigenvalue weighted by molar-refractivity contribution is 7.89. The molecule has 0 aliphatic carbocycles.